The number of aromatic nitrogens is 2. The van der Waals surface area contributed by atoms with Crippen molar-refractivity contribution in [1.29, 1.82) is 0 Å². The number of nitrogens with two attached hydrogens (primary N) is 1. The number of hydrogen-bond acceptors (Lipinski definition) is 2. The Hall–Kier alpha value is -1.68. The van der Waals surface area contributed by atoms with Crippen LogP contribution in [0.1, 0.15) is 48.0 Å². The maximum atomic E-state index is 14.3. The number of halogens is 1. The second kappa shape index (κ2) is 5.75. The molecule has 0 amide bonds. The van der Waals surface area contributed by atoms with Gasteiger partial charge in [-0.25, -0.2) is 4.39 Å². The van der Waals surface area contributed by atoms with E-state index >= 15 is 0 Å². The average Bonchev–Trinajstić information content (AvgIpc) is 2.80. The number of aryl methyl sites for hydroxylation is 4. The Morgan fingerprint density at radius 3 is 2.50 bits per heavy atom. The van der Waals surface area contributed by atoms with E-state index in [4.69, 9.17) is 5.73 Å². The Labute approximate surface area is 119 Å². The standard InChI is InChI=1S/C16H22FN3/c1-5-12-9-14(20(6-2)19-12)16(18)15-11(4)7-10(3)8-13(15)17/h7-9,16H,5-6,18H2,1-4H3. The van der Waals surface area contributed by atoms with E-state index in [0.717, 1.165) is 35.5 Å². The van der Waals surface area contributed by atoms with Crippen molar-refractivity contribution >= 4 is 0 Å². The van der Waals surface area contributed by atoms with Gasteiger partial charge in [0.1, 0.15) is 5.82 Å². The van der Waals surface area contributed by atoms with Gasteiger partial charge >= 0.3 is 0 Å². The summed E-state index contributed by atoms with van der Waals surface area (Å²) < 4.78 is 16.1. The minimum Gasteiger partial charge on any atom is -0.319 e. The summed E-state index contributed by atoms with van der Waals surface area (Å²) >= 11 is 0. The maximum absolute atomic E-state index is 14.3. The highest BCUT2D eigenvalue weighted by atomic mass is 19.1. The molecule has 2 N–H and O–H groups in total. The molecule has 0 aliphatic carbocycles. The summed E-state index contributed by atoms with van der Waals surface area (Å²) in [5, 5.41) is 4.48. The van der Waals surface area contributed by atoms with Crippen molar-refractivity contribution in [2.45, 2.75) is 46.7 Å². The van der Waals surface area contributed by atoms with Crippen LogP contribution in [0.4, 0.5) is 4.39 Å². The van der Waals surface area contributed by atoms with Crippen LogP contribution >= 0.6 is 0 Å². The molecule has 2 rings (SSSR count). The van der Waals surface area contributed by atoms with Gasteiger partial charge in [0.2, 0.25) is 0 Å². The molecule has 1 aromatic heterocycles. The van der Waals surface area contributed by atoms with Crippen LogP contribution in [0.3, 0.4) is 0 Å². The van der Waals surface area contributed by atoms with Crippen molar-refractivity contribution in [3.05, 3.63) is 52.1 Å². The van der Waals surface area contributed by atoms with Gasteiger partial charge in [-0.3, -0.25) is 4.68 Å². The van der Waals surface area contributed by atoms with E-state index in [9.17, 15) is 4.39 Å². The first-order valence-electron chi connectivity index (χ1n) is 7.06. The van der Waals surface area contributed by atoms with Gasteiger partial charge in [0.25, 0.3) is 0 Å². The molecule has 108 valence electrons. The average molecular weight is 275 g/mol. The fraction of sp³-hybridized carbons (Fsp3) is 0.438. The van der Waals surface area contributed by atoms with Gasteiger partial charge < -0.3 is 5.73 Å². The highest BCUT2D eigenvalue weighted by Crippen LogP contribution is 2.27. The van der Waals surface area contributed by atoms with Crippen molar-refractivity contribution < 1.29 is 4.39 Å². The minimum atomic E-state index is -0.483. The molecule has 0 fully saturated rings. The lowest BCUT2D eigenvalue weighted by atomic mass is 9.96. The molecule has 1 unspecified atom stereocenters. The van der Waals surface area contributed by atoms with Crippen molar-refractivity contribution in [2.75, 3.05) is 0 Å². The summed E-state index contributed by atoms with van der Waals surface area (Å²) in [5.41, 5.74) is 10.5. The van der Waals surface area contributed by atoms with Gasteiger partial charge in [-0.15, -0.1) is 0 Å². The van der Waals surface area contributed by atoms with Gasteiger partial charge in [-0.2, -0.15) is 5.10 Å². The summed E-state index contributed by atoms with van der Waals surface area (Å²) in [6.45, 7) is 8.58. The third kappa shape index (κ3) is 2.61. The molecular weight excluding hydrogens is 253 g/mol. The lowest BCUT2D eigenvalue weighted by molar-refractivity contribution is 0.563. The highest BCUT2D eigenvalue weighted by molar-refractivity contribution is 5.38. The summed E-state index contributed by atoms with van der Waals surface area (Å²) in [6, 6.07) is 5.00. The predicted molar refractivity (Wildman–Crippen MR) is 79.2 cm³/mol. The number of hydrogen-bond donors (Lipinski definition) is 1. The molecule has 0 spiro atoms. The maximum Gasteiger partial charge on any atom is 0.128 e. The fourth-order valence-corrected chi connectivity index (χ4v) is 2.63. The van der Waals surface area contributed by atoms with Gasteiger partial charge in [0, 0.05) is 12.1 Å². The first kappa shape index (κ1) is 14.7. The number of rotatable bonds is 4. The van der Waals surface area contributed by atoms with Crippen molar-refractivity contribution in [2.24, 2.45) is 5.73 Å². The zero-order chi connectivity index (χ0) is 14.9. The summed E-state index contributed by atoms with van der Waals surface area (Å²) in [6.07, 6.45) is 0.849. The van der Waals surface area contributed by atoms with Crippen LogP contribution in [0, 0.1) is 19.7 Å². The van der Waals surface area contributed by atoms with E-state index < -0.39 is 6.04 Å². The van der Waals surface area contributed by atoms with E-state index in [2.05, 4.69) is 12.0 Å². The van der Waals surface area contributed by atoms with E-state index in [-0.39, 0.29) is 5.82 Å². The Morgan fingerprint density at radius 1 is 1.25 bits per heavy atom. The summed E-state index contributed by atoms with van der Waals surface area (Å²) in [7, 11) is 0. The summed E-state index contributed by atoms with van der Waals surface area (Å²) in [4.78, 5) is 0. The van der Waals surface area contributed by atoms with Gasteiger partial charge in [-0.1, -0.05) is 13.0 Å². The molecule has 0 aliphatic rings. The largest absolute Gasteiger partial charge is 0.319 e. The normalized spacial score (nSPS) is 12.7. The molecule has 1 aromatic carbocycles. The summed E-state index contributed by atoms with van der Waals surface area (Å²) in [5.74, 6) is -0.239. The van der Waals surface area contributed by atoms with Crippen molar-refractivity contribution in [1.82, 2.24) is 9.78 Å². The molecule has 1 atom stereocenters. The molecule has 2 aromatic rings. The third-order valence-electron chi connectivity index (χ3n) is 3.63. The van der Waals surface area contributed by atoms with Crippen molar-refractivity contribution in [3.8, 4) is 0 Å². The van der Waals surface area contributed by atoms with Gasteiger partial charge in [0.15, 0.2) is 0 Å². The monoisotopic (exact) mass is 275 g/mol. The van der Waals surface area contributed by atoms with Crippen molar-refractivity contribution in [3.63, 3.8) is 0 Å². The second-order valence-electron chi connectivity index (χ2n) is 5.18. The molecule has 20 heavy (non-hydrogen) atoms. The molecule has 0 saturated carbocycles. The quantitative estimate of drug-likeness (QED) is 0.930. The zero-order valence-electron chi connectivity index (χ0n) is 12.6. The Bertz CT molecular complexity index is 593. The van der Waals surface area contributed by atoms with Gasteiger partial charge in [-0.05, 0) is 50.5 Å². The zero-order valence-corrected chi connectivity index (χ0v) is 12.6. The number of nitrogens with zero attached hydrogens (tertiary/aromatic N) is 2. The highest BCUT2D eigenvalue weighted by Gasteiger charge is 2.20. The van der Waals surface area contributed by atoms with E-state index in [1.165, 1.54) is 6.07 Å². The molecule has 1 heterocycles. The molecule has 0 bridgehead atoms. The lowest BCUT2D eigenvalue weighted by Crippen LogP contribution is -2.19. The van der Waals surface area contributed by atoms with Crippen LogP contribution in [-0.2, 0) is 13.0 Å². The van der Waals surface area contributed by atoms with E-state index in [1.54, 1.807) is 0 Å². The first-order chi connectivity index (χ1) is 9.47. The van der Waals surface area contributed by atoms with Crippen LogP contribution in [0.2, 0.25) is 0 Å². The Kier molecular flexibility index (Phi) is 4.23. The third-order valence-corrected chi connectivity index (χ3v) is 3.63. The van der Waals surface area contributed by atoms with E-state index in [0.29, 0.717) is 5.56 Å². The van der Waals surface area contributed by atoms with Crippen LogP contribution in [0.25, 0.3) is 0 Å². The lowest BCUT2D eigenvalue weighted by Gasteiger charge is -2.17. The van der Waals surface area contributed by atoms with E-state index in [1.807, 2.05) is 37.6 Å². The SMILES string of the molecule is CCc1cc(C(N)c2c(C)cc(C)cc2F)n(CC)n1. The molecule has 4 heteroatoms. The van der Waals surface area contributed by atoms with Crippen LogP contribution < -0.4 is 5.73 Å². The number of benzene rings is 1. The van der Waals surface area contributed by atoms with Crippen LogP contribution in [0.5, 0.6) is 0 Å². The minimum absolute atomic E-state index is 0.239. The van der Waals surface area contributed by atoms with Gasteiger partial charge in [0.05, 0.1) is 17.4 Å². The smallest absolute Gasteiger partial charge is 0.128 e. The molecule has 0 aliphatic heterocycles. The fourth-order valence-electron chi connectivity index (χ4n) is 2.63. The van der Waals surface area contributed by atoms with Crippen LogP contribution in [-0.4, -0.2) is 9.78 Å². The van der Waals surface area contributed by atoms with Crippen LogP contribution in [0.15, 0.2) is 18.2 Å². The first-order valence-corrected chi connectivity index (χ1v) is 7.06. The molecule has 0 saturated heterocycles. The Balaban J connectivity index is 2.51. The predicted octanol–water partition coefficient (Wildman–Crippen LogP) is 3.27. The molecular formula is C16H22FN3. The molecule has 3 nitrogen and oxygen atoms in total. The molecule has 0 radical (unpaired) electrons. The topological polar surface area (TPSA) is 43.8 Å². The second-order valence-corrected chi connectivity index (χ2v) is 5.18. The Morgan fingerprint density at radius 2 is 1.95 bits per heavy atom.